The number of hydrogen-bond acceptors (Lipinski definition) is 0. The molecule has 102 valence electrons. The molecule has 2 aromatic rings. The molecule has 19 heavy (non-hydrogen) atoms. The Labute approximate surface area is 118 Å². The predicted octanol–water partition coefficient (Wildman–Crippen LogP) is 5.88. The minimum atomic E-state index is 1.05. The van der Waals surface area contributed by atoms with Gasteiger partial charge in [0.05, 0.1) is 0 Å². The van der Waals surface area contributed by atoms with Crippen LogP contribution in [0.3, 0.4) is 0 Å². The Bertz CT molecular complexity index is 358. The summed E-state index contributed by atoms with van der Waals surface area (Å²) in [7, 11) is 0. The molecular weight excluding hydrogens is 228 g/mol. The number of aryl methyl sites for hydroxylation is 1. The molecule has 0 nitrogen and oxygen atoms in total. The minimum absolute atomic E-state index is 1.05. The van der Waals surface area contributed by atoms with Crippen molar-refractivity contribution >= 4 is 0 Å². The average molecular weight is 254 g/mol. The normalized spacial score (nSPS) is 13.8. The van der Waals surface area contributed by atoms with Gasteiger partial charge >= 0.3 is 0 Å². The standard InChI is InChI=1S/C7H8.C6H12.C6H6/c1-7-5-3-2-4-6-7;1-6-4-2-3-5-6;1-2-4-6-5-3-1/h2-6H,1H3;6H,2-5H2,1H3;1-6H. The summed E-state index contributed by atoms with van der Waals surface area (Å²) < 4.78 is 0. The van der Waals surface area contributed by atoms with Crippen LogP contribution in [0.1, 0.15) is 38.2 Å². The van der Waals surface area contributed by atoms with Crippen molar-refractivity contribution in [1.82, 2.24) is 0 Å². The first-order valence-electron chi connectivity index (χ1n) is 7.30. The Morgan fingerprint density at radius 1 is 0.684 bits per heavy atom. The lowest BCUT2D eigenvalue weighted by molar-refractivity contribution is 0.612. The highest BCUT2D eigenvalue weighted by Crippen LogP contribution is 2.22. The highest BCUT2D eigenvalue weighted by molar-refractivity contribution is 5.11. The first-order chi connectivity index (χ1) is 9.29. The molecule has 3 rings (SSSR count). The quantitative estimate of drug-likeness (QED) is 0.551. The summed E-state index contributed by atoms with van der Waals surface area (Å²) in [5, 5.41) is 0. The van der Waals surface area contributed by atoms with Crippen molar-refractivity contribution < 1.29 is 0 Å². The molecule has 0 amide bonds. The Morgan fingerprint density at radius 2 is 1.05 bits per heavy atom. The van der Waals surface area contributed by atoms with Gasteiger partial charge in [-0.2, -0.15) is 0 Å². The van der Waals surface area contributed by atoms with E-state index in [1.54, 1.807) is 0 Å². The summed E-state index contributed by atoms with van der Waals surface area (Å²) in [6.07, 6.45) is 5.95. The van der Waals surface area contributed by atoms with Crippen LogP contribution in [0.5, 0.6) is 0 Å². The summed E-state index contributed by atoms with van der Waals surface area (Å²) in [6.45, 7) is 4.42. The second-order valence-electron chi connectivity index (χ2n) is 5.20. The molecule has 1 aliphatic rings. The van der Waals surface area contributed by atoms with Gasteiger partial charge in [0.25, 0.3) is 0 Å². The highest BCUT2D eigenvalue weighted by atomic mass is 14.1. The third-order valence-electron chi connectivity index (χ3n) is 3.25. The molecule has 0 bridgehead atoms. The van der Waals surface area contributed by atoms with Gasteiger partial charge in [0.2, 0.25) is 0 Å². The summed E-state index contributed by atoms with van der Waals surface area (Å²) in [4.78, 5) is 0. The molecule has 0 unspecified atom stereocenters. The average Bonchev–Trinajstić information content (AvgIpc) is 2.94. The summed E-state index contributed by atoms with van der Waals surface area (Å²) in [6, 6.07) is 22.3. The molecule has 0 heterocycles. The zero-order chi connectivity index (χ0) is 13.8. The van der Waals surface area contributed by atoms with E-state index in [1.165, 1.54) is 31.2 Å². The molecule has 0 aliphatic heterocycles. The van der Waals surface area contributed by atoms with Crippen LogP contribution < -0.4 is 0 Å². The third kappa shape index (κ3) is 9.07. The second-order valence-corrected chi connectivity index (χ2v) is 5.20. The third-order valence-corrected chi connectivity index (χ3v) is 3.25. The molecule has 0 radical (unpaired) electrons. The Hall–Kier alpha value is -1.56. The lowest BCUT2D eigenvalue weighted by Crippen LogP contribution is -1.78. The highest BCUT2D eigenvalue weighted by Gasteiger charge is 2.07. The molecule has 1 aliphatic carbocycles. The Morgan fingerprint density at radius 3 is 1.26 bits per heavy atom. The molecule has 1 saturated carbocycles. The number of hydrogen-bond donors (Lipinski definition) is 0. The fourth-order valence-corrected chi connectivity index (χ4v) is 2.05. The lowest BCUT2D eigenvalue weighted by atomic mass is 10.2. The first kappa shape index (κ1) is 15.5. The van der Waals surface area contributed by atoms with E-state index in [9.17, 15) is 0 Å². The smallest absolute Gasteiger partial charge is 0.0398 e. The first-order valence-corrected chi connectivity index (χ1v) is 7.30. The zero-order valence-corrected chi connectivity index (χ0v) is 12.3. The summed E-state index contributed by atoms with van der Waals surface area (Å²) >= 11 is 0. The van der Waals surface area contributed by atoms with E-state index in [0.717, 1.165) is 5.92 Å². The molecule has 1 fully saturated rings. The van der Waals surface area contributed by atoms with Gasteiger partial charge in [0, 0.05) is 0 Å². The zero-order valence-electron chi connectivity index (χ0n) is 12.3. The van der Waals surface area contributed by atoms with Gasteiger partial charge in [-0.1, -0.05) is 105 Å². The van der Waals surface area contributed by atoms with Crippen molar-refractivity contribution in [2.24, 2.45) is 5.92 Å². The van der Waals surface area contributed by atoms with Crippen LogP contribution in [0, 0.1) is 12.8 Å². The molecule has 0 spiro atoms. The molecule has 0 N–H and O–H groups in total. The number of rotatable bonds is 0. The maximum absolute atomic E-state index is 2.34. The van der Waals surface area contributed by atoms with Gasteiger partial charge in [-0.25, -0.2) is 0 Å². The molecule has 0 saturated heterocycles. The van der Waals surface area contributed by atoms with Gasteiger partial charge in [0.15, 0.2) is 0 Å². The Balaban J connectivity index is 0.000000143. The van der Waals surface area contributed by atoms with E-state index in [4.69, 9.17) is 0 Å². The van der Waals surface area contributed by atoms with E-state index in [2.05, 4.69) is 26.0 Å². The minimum Gasteiger partial charge on any atom is -0.0625 e. The van der Waals surface area contributed by atoms with Crippen molar-refractivity contribution in [2.75, 3.05) is 0 Å². The van der Waals surface area contributed by atoms with Crippen LogP contribution in [0.2, 0.25) is 0 Å². The number of benzene rings is 2. The maximum atomic E-state index is 2.34. The van der Waals surface area contributed by atoms with Crippen LogP contribution in [-0.4, -0.2) is 0 Å². The van der Waals surface area contributed by atoms with Gasteiger partial charge in [-0.05, 0) is 12.8 Å². The lowest BCUT2D eigenvalue weighted by Gasteiger charge is -1.91. The fourth-order valence-electron chi connectivity index (χ4n) is 2.05. The van der Waals surface area contributed by atoms with E-state index in [-0.39, 0.29) is 0 Å². The van der Waals surface area contributed by atoms with Gasteiger partial charge in [-0.3, -0.25) is 0 Å². The van der Waals surface area contributed by atoms with Crippen LogP contribution in [0.4, 0.5) is 0 Å². The summed E-state index contributed by atoms with van der Waals surface area (Å²) in [5.74, 6) is 1.05. The van der Waals surface area contributed by atoms with Crippen LogP contribution in [0.15, 0.2) is 66.7 Å². The van der Waals surface area contributed by atoms with Gasteiger partial charge in [-0.15, -0.1) is 0 Å². The Kier molecular flexibility index (Phi) is 8.46. The second kappa shape index (κ2) is 10.4. The SMILES string of the molecule is CC1CCCC1.Cc1ccccc1.c1ccccc1. The van der Waals surface area contributed by atoms with Crippen molar-refractivity contribution in [2.45, 2.75) is 39.5 Å². The molecular formula is C19H26. The van der Waals surface area contributed by atoms with Crippen molar-refractivity contribution in [3.05, 3.63) is 72.3 Å². The predicted molar refractivity (Wildman–Crippen MR) is 85.3 cm³/mol. The van der Waals surface area contributed by atoms with Crippen molar-refractivity contribution in [1.29, 1.82) is 0 Å². The fraction of sp³-hybridized carbons (Fsp3) is 0.368. The van der Waals surface area contributed by atoms with E-state index in [1.807, 2.05) is 54.6 Å². The summed E-state index contributed by atoms with van der Waals surface area (Å²) in [5.41, 5.74) is 1.32. The van der Waals surface area contributed by atoms with E-state index >= 15 is 0 Å². The molecule has 0 aromatic heterocycles. The monoisotopic (exact) mass is 254 g/mol. The van der Waals surface area contributed by atoms with Gasteiger partial charge in [0.1, 0.15) is 0 Å². The van der Waals surface area contributed by atoms with Crippen LogP contribution in [0.25, 0.3) is 0 Å². The molecule has 2 aromatic carbocycles. The van der Waals surface area contributed by atoms with Crippen molar-refractivity contribution in [3.63, 3.8) is 0 Å². The van der Waals surface area contributed by atoms with Crippen LogP contribution in [-0.2, 0) is 0 Å². The molecule has 0 atom stereocenters. The van der Waals surface area contributed by atoms with E-state index in [0.29, 0.717) is 0 Å². The largest absolute Gasteiger partial charge is 0.0625 e. The van der Waals surface area contributed by atoms with E-state index < -0.39 is 0 Å². The maximum Gasteiger partial charge on any atom is -0.0398 e. The van der Waals surface area contributed by atoms with Crippen LogP contribution >= 0.6 is 0 Å². The van der Waals surface area contributed by atoms with Crippen molar-refractivity contribution in [3.8, 4) is 0 Å². The topological polar surface area (TPSA) is 0 Å². The van der Waals surface area contributed by atoms with Gasteiger partial charge < -0.3 is 0 Å². The molecule has 0 heteroatoms.